The molecule has 3 aromatic rings. The number of aliphatic hydroxyl groups is 1. The average molecular weight is 599 g/mol. The first-order chi connectivity index (χ1) is 18.8. The molecule has 1 fully saturated rings. The lowest BCUT2D eigenvalue weighted by molar-refractivity contribution is -0.149. The third-order valence-corrected chi connectivity index (χ3v) is 8.50. The molecule has 16 heteroatoms. The lowest BCUT2D eigenvalue weighted by atomic mass is 9.98. The summed E-state index contributed by atoms with van der Waals surface area (Å²) in [6, 6.07) is 7.74. The number of nitrogen functional groups attached to an aromatic ring is 1. The van der Waals surface area contributed by atoms with Crippen LogP contribution in [0.1, 0.15) is 33.9 Å². The van der Waals surface area contributed by atoms with E-state index in [0.717, 1.165) is 0 Å². The Kier molecular flexibility index (Phi) is 8.93. The maximum absolute atomic E-state index is 16.0. The molecule has 2 aromatic heterocycles. The van der Waals surface area contributed by atoms with Gasteiger partial charge in [0.1, 0.15) is 24.0 Å². The van der Waals surface area contributed by atoms with Gasteiger partial charge in [0.15, 0.2) is 23.1 Å². The lowest BCUT2D eigenvalue weighted by Gasteiger charge is -2.28. The fourth-order valence-electron chi connectivity index (χ4n) is 4.08. The van der Waals surface area contributed by atoms with Gasteiger partial charge < -0.3 is 34.1 Å². The number of carbonyl (C=O) groups excluding carboxylic acids is 1. The molecule has 2 unspecified atom stereocenters. The van der Waals surface area contributed by atoms with Gasteiger partial charge in [0, 0.05) is 0 Å². The second kappa shape index (κ2) is 11.9. The zero-order chi connectivity index (χ0) is 29.2. The number of hydrogen-bond acceptors (Lipinski definition) is 12. The molecule has 0 spiro atoms. The monoisotopic (exact) mass is 598 g/mol. The van der Waals surface area contributed by atoms with Gasteiger partial charge in [-0.2, -0.15) is 9.97 Å². The number of nitrogens with zero attached hydrogens (tertiary/aromatic N) is 4. The van der Waals surface area contributed by atoms with Crippen molar-refractivity contribution in [1.82, 2.24) is 24.6 Å². The van der Waals surface area contributed by atoms with Crippen LogP contribution in [0.15, 0.2) is 36.7 Å². The molecule has 0 saturated carbocycles. The highest BCUT2D eigenvalue weighted by Crippen LogP contribution is 2.48. The topological polar surface area (TPSA) is 165 Å². The summed E-state index contributed by atoms with van der Waals surface area (Å²) in [5.74, 6) is -0.170. The van der Waals surface area contributed by atoms with Crippen LogP contribution in [0.3, 0.4) is 0 Å². The summed E-state index contributed by atoms with van der Waals surface area (Å²) in [7, 11) is 1.39. The second-order valence-electron chi connectivity index (χ2n) is 9.57. The van der Waals surface area contributed by atoms with Crippen molar-refractivity contribution in [2.75, 3.05) is 19.5 Å². The number of para-hydroxylation sites is 1. The zero-order valence-electron chi connectivity index (χ0n) is 22.6. The number of ether oxygens (including phenoxy) is 3. The summed E-state index contributed by atoms with van der Waals surface area (Å²) < 4.78 is 45.6. The highest BCUT2D eigenvalue weighted by atomic mass is 32.5. The Morgan fingerprint density at radius 2 is 2.02 bits per heavy atom. The number of alkyl halides is 1. The van der Waals surface area contributed by atoms with Gasteiger partial charge in [0.2, 0.25) is 11.8 Å². The SMILES string of the molecule is COc1nc(N)nc2c1ncn2[C@@H]1O[C@H](COP(=S)(NC(C)C(=O)OC(C)C)Oc2ccccc2)[C@@H](O)[C@@]1(C)F. The van der Waals surface area contributed by atoms with Crippen LogP contribution in [-0.2, 0) is 30.6 Å². The highest BCUT2D eigenvalue weighted by Gasteiger charge is 2.56. The van der Waals surface area contributed by atoms with Crippen molar-refractivity contribution in [2.45, 2.75) is 63.9 Å². The molecule has 218 valence electrons. The number of methoxy groups -OCH3 is 1. The Morgan fingerprint density at radius 3 is 2.67 bits per heavy atom. The van der Waals surface area contributed by atoms with Crippen molar-refractivity contribution >= 4 is 41.5 Å². The van der Waals surface area contributed by atoms with E-state index in [1.54, 1.807) is 51.1 Å². The van der Waals surface area contributed by atoms with Crippen LogP contribution in [-0.4, -0.2) is 74.3 Å². The van der Waals surface area contributed by atoms with Crippen molar-refractivity contribution in [2.24, 2.45) is 0 Å². The number of carbonyl (C=O) groups is 1. The van der Waals surface area contributed by atoms with Crippen molar-refractivity contribution in [3.8, 4) is 11.6 Å². The van der Waals surface area contributed by atoms with Crippen LogP contribution < -0.4 is 20.1 Å². The fourth-order valence-corrected chi connectivity index (χ4v) is 6.49. The summed E-state index contributed by atoms with van der Waals surface area (Å²) in [5.41, 5.74) is 3.88. The van der Waals surface area contributed by atoms with Crippen LogP contribution in [0, 0.1) is 0 Å². The molecule has 1 aliphatic rings. The molecule has 3 heterocycles. The minimum absolute atomic E-state index is 0.107. The van der Waals surface area contributed by atoms with Gasteiger partial charge in [-0.1, -0.05) is 18.2 Å². The number of anilines is 1. The molecule has 1 aliphatic heterocycles. The van der Waals surface area contributed by atoms with Crippen LogP contribution in [0.4, 0.5) is 10.3 Å². The summed E-state index contributed by atoms with van der Waals surface area (Å²) >= 11 is 5.69. The standard InChI is InChI=1S/C24H32FN6O7PS/c1-13(2)36-21(33)14(3)30-39(40,38-15-9-7-6-8-10-15)35-11-16-18(32)24(4,25)22(37-16)31-12-27-17-19(31)28-23(26)29-20(17)34-5/h6-10,12-14,16,18,22,32H,11H2,1-5H3,(H,30,40)(H2,26,28,29)/t14?,16-,18-,22-,24-,39?/m1/s1. The molecule has 4 N–H and O–H groups in total. The molecule has 4 rings (SSSR count). The molecule has 0 radical (unpaired) electrons. The first-order valence-corrected chi connectivity index (χ1v) is 15.0. The Morgan fingerprint density at radius 1 is 1.32 bits per heavy atom. The van der Waals surface area contributed by atoms with E-state index in [0.29, 0.717) is 5.75 Å². The highest BCUT2D eigenvalue weighted by molar-refractivity contribution is 8.09. The Hall–Kier alpha value is -2.94. The molecule has 1 saturated heterocycles. The van der Waals surface area contributed by atoms with E-state index in [4.69, 9.17) is 40.8 Å². The van der Waals surface area contributed by atoms with E-state index in [-0.39, 0.29) is 35.7 Å². The number of nitrogens with one attached hydrogen (secondary N) is 1. The van der Waals surface area contributed by atoms with Crippen LogP contribution in [0.5, 0.6) is 11.6 Å². The Balaban J connectivity index is 1.56. The minimum Gasteiger partial charge on any atom is -0.479 e. The molecule has 0 aliphatic carbocycles. The van der Waals surface area contributed by atoms with Crippen molar-refractivity contribution in [3.63, 3.8) is 0 Å². The van der Waals surface area contributed by atoms with Gasteiger partial charge >= 0.3 is 12.6 Å². The molecule has 6 atom stereocenters. The van der Waals surface area contributed by atoms with Crippen LogP contribution >= 0.6 is 6.64 Å². The van der Waals surface area contributed by atoms with Gasteiger partial charge in [0.05, 0.1) is 26.1 Å². The smallest absolute Gasteiger partial charge is 0.323 e. The van der Waals surface area contributed by atoms with E-state index < -0.39 is 42.8 Å². The van der Waals surface area contributed by atoms with Gasteiger partial charge in [0.25, 0.3) is 0 Å². The molecule has 1 aromatic carbocycles. The first-order valence-electron chi connectivity index (χ1n) is 12.4. The lowest BCUT2D eigenvalue weighted by Crippen LogP contribution is -2.41. The normalized spacial score (nSPS) is 25.1. The molecule has 0 amide bonds. The molecular weight excluding hydrogens is 566 g/mol. The maximum Gasteiger partial charge on any atom is 0.323 e. The van der Waals surface area contributed by atoms with E-state index in [1.807, 2.05) is 0 Å². The molecule has 0 bridgehead atoms. The number of benzene rings is 1. The number of aliphatic hydroxyl groups excluding tert-OH is 1. The third-order valence-electron chi connectivity index (χ3n) is 6.00. The first kappa shape index (κ1) is 30.0. The predicted molar refractivity (Wildman–Crippen MR) is 147 cm³/mol. The zero-order valence-corrected chi connectivity index (χ0v) is 24.3. The van der Waals surface area contributed by atoms with Crippen molar-refractivity contribution in [3.05, 3.63) is 36.7 Å². The Labute approximate surface area is 235 Å². The number of aromatic nitrogens is 4. The number of nitrogens with two attached hydrogens (primary N) is 1. The fraction of sp³-hybridized carbons (Fsp3) is 0.500. The molecule has 13 nitrogen and oxygen atoms in total. The van der Waals surface area contributed by atoms with E-state index in [2.05, 4.69) is 20.0 Å². The number of hydrogen-bond donors (Lipinski definition) is 3. The number of rotatable bonds is 11. The summed E-state index contributed by atoms with van der Waals surface area (Å²) in [6.45, 7) is 2.37. The van der Waals surface area contributed by atoms with Gasteiger partial charge in [-0.15, -0.1) is 0 Å². The molecule has 40 heavy (non-hydrogen) atoms. The van der Waals surface area contributed by atoms with Gasteiger partial charge in [-0.25, -0.2) is 14.5 Å². The number of esters is 1. The number of imidazole rings is 1. The van der Waals surface area contributed by atoms with Gasteiger partial charge in [-0.05, 0) is 51.6 Å². The number of halogens is 1. The quantitative estimate of drug-likeness (QED) is 0.218. The summed E-state index contributed by atoms with van der Waals surface area (Å²) in [4.78, 5) is 24.8. The maximum atomic E-state index is 16.0. The van der Waals surface area contributed by atoms with Crippen molar-refractivity contribution in [1.29, 1.82) is 0 Å². The van der Waals surface area contributed by atoms with Gasteiger partial charge in [-0.3, -0.25) is 9.36 Å². The van der Waals surface area contributed by atoms with Crippen LogP contribution in [0.25, 0.3) is 11.2 Å². The van der Waals surface area contributed by atoms with Crippen LogP contribution in [0.2, 0.25) is 0 Å². The van der Waals surface area contributed by atoms with E-state index in [1.165, 1.54) is 24.9 Å². The van der Waals surface area contributed by atoms with E-state index in [9.17, 15) is 9.90 Å². The minimum atomic E-state index is -3.46. The summed E-state index contributed by atoms with van der Waals surface area (Å²) in [5, 5.41) is 13.8. The largest absolute Gasteiger partial charge is 0.479 e. The molecular formula is C24H32FN6O7PS. The summed E-state index contributed by atoms with van der Waals surface area (Å²) in [6.07, 6.45) is -3.22. The van der Waals surface area contributed by atoms with Crippen molar-refractivity contribution < 1.29 is 37.5 Å². The van der Waals surface area contributed by atoms with E-state index >= 15 is 4.39 Å². The number of fused-ring (bicyclic) bond motifs is 1. The Bertz CT molecular complexity index is 1390. The second-order valence-corrected chi connectivity index (χ2v) is 12.7. The third kappa shape index (κ3) is 6.35. The average Bonchev–Trinajstić information content (AvgIpc) is 3.40. The predicted octanol–water partition coefficient (Wildman–Crippen LogP) is 2.65.